The van der Waals surface area contributed by atoms with E-state index in [9.17, 15) is 18.0 Å². The molecular weight excluding hydrogens is 307 g/mol. The molecule has 2 fully saturated rings. The fourth-order valence-electron chi connectivity index (χ4n) is 3.86. The van der Waals surface area contributed by atoms with Gasteiger partial charge in [-0.25, -0.2) is 0 Å². The summed E-state index contributed by atoms with van der Waals surface area (Å²) in [6.07, 6.45) is 1.14. The molecule has 1 aliphatic carbocycles. The lowest BCUT2D eigenvalue weighted by atomic mass is 9.85. The first-order chi connectivity index (χ1) is 10.8. The van der Waals surface area contributed by atoms with Gasteiger partial charge in [0, 0.05) is 30.1 Å². The van der Waals surface area contributed by atoms with Crippen LogP contribution in [0.3, 0.4) is 0 Å². The largest absolute Gasteiger partial charge is 0.435 e. The van der Waals surface area contributed by atoms with Crippen LogP contribution in [-0.4, -0.2) is 34.1 Å². The van der Waals surface area contributed by atoms with Crippen molar-refractivity contribution < 1.29 is 18.0 Å². The molecule has 1 atom stereocenters. The Labute approximate surface area is 133 Å². The fourth-order valence-corrected chi connectivity index (χ4v) is 3.86. The van der Waals surface area contributed by atoms with Gasteiger partial charge in [-0.2, -0.15) is 18.3 Å². The molecule has 3 rings (SSSR count). The average Bonchev–Trinajstić information content (AvgIpc) is 3.16. The zero-order valence-electron chi connectivity index (χ0n) is 13.2. The summed E-state index contributed by atoms with van der Waals surface area (Å²) in [6.45, 7) is 3.20. The SMILES string of the molecule is CC1(C(=O)N2CCCC(c3cc(C(F)(F)F)n[nH]3)C2)CCCC1. The third-order valence-electron chi connectivity index (χ3n) is 5.26. The van der Waals surface area contributed by atoms with E-state index >= 15 is 0 Å². The smallest absolute Gasteiger partial charge is 0.342 e. The Hall–Kier alpha value is -1.53. The van der Waals surface area contributed by atoms with E-state index in [-0.39, 0.29) is 17.2 Å². The van der Waals surface area contributed by atoms with Gasteiger partial charge in [-0.05, 0) is 31.7 Å². The van der Waals surface area contributed by atoms with Gasteiger partial charge in [-0.15, -0.1) is 0 Å². The van der Waals surface area contributed by atoms with E-state index in [1.54, 1.807) is 0 Å². The maximum atomic E-state index is 12.8. The van der Waals surface area contributed by atoms with E-state index in [2.05, 4.69) is 10.2 Å². The minimum Gasteiger partial charge on any atom is -0.342 e. The van der Waals surface area contributed by atoms with Gasteiger partial charge >= 0.3 is 6.18 Å². The minimum atomic E-state index is -4.43. The number of alkyl halides is 3. The van der Waals surface area contributed by atoms with Crippen molar-refractivity contribution in [2.24, 2.45) is 5.41 Å². The summed E-state index contributed by atoms with van der Waals surface area (Å²) in [4.78, 5) is 14.6. The van der Waals surface area contributed by atoms with Crippen molar-refractivity contribution in [2.45, 2.75) is 57.5 Å². The number of aromatic nitrogens is 2. The van der Waals surface area contributed by atoms with E-state index in [0.29, 0.717) is 18.8 Å². The molecule has 2 aliphatic rings. The fraction of sp³-hybridized carbons (Fsp3) is 0.750. The Morgan fingerprint density at radius 1 is 1.35 bits per heavy atom. The number of carbonyl (C=O) groups excluding carboxylic acids is 1. The molecule has 7 heteroatoms. The molecule has 0 aromatic carbocycles. The third kappa shape index (κ3) is 3.23. The van der Waals surface area contributed by atoms with Gasteiger partial charge in [-0.1, -0.05) is 19.8 Å². The second-order valence-corrected chi connectivity index (χ2v) is 7.06. The normalized spacial score (nSPS) is 24.9. The van der Waals surface area contributed by atoms with Crippen molar-refractivity contribution in [3.63, 3.8) is 0 Å². The van der Waals surface area contributed by atoms with Gasteiger partial charge in [0.2, 0.25) is 5.91 Å². The summed E-state index contributed by atoms with van der Waals surface area (Å²) >= 11 is 0. The Balaban J connectivity index is 1.71. The monoisotopic (exact) mass is 329 g/mol. The van der Waals surface area contributed by atoms with Crippen LogP contribution in [0.5, 0.6) is 0 Å². The maximum absolute atomic E-state index is 12.8. The molecule has 0 bridgehead atoms. The third-order valence-corrected chi connectivity index (χ3v) is 5.26. The number of hydrogen-bond donors (Lipinski definition) is 1. The van der Waals surface area contributed by atoms with Crippen LogP contribution >= 0.6 is 0 Å². The first-order valence-corrected chi connectivity index (χ1v) is 8.21. The molecule has 1 saturated carbocycles. The number of halogens is 3. The van der Waals surface area contributed by atoms with E-state index in [1.165, 1.54) is 0 Å². The molecule has 0 radical (unpaired) electrons. The lowest BCUT2D eigenvalue weighted by Gasteiger charge is -2.37. The topological polar surface area (TPSA) is 49.0 Å². The predicted octanol–water partition coefficient (Wildman–Crippen LogP) is 3.71. The highest BCUT2D eigenvalue weighted by molar-refractivity contribution is 5.82. The molecule has 1 saturated heterocycles. The van der Waals surface area contributed by atoms with Crippen LogP contribution in [0.15, 0.2) is 6.07 Å². The Morgan fingerprint density at radius 3 is 2.65 bits per heavy atom. The number of nitrogens with one attached hydrogen (secondary N) is 1. The first kappa shape index (κ1) is 16.3. The van der Waals surface area contributed by atoms with Crippen LogP contribution in [0.2, 0.25) is 0 Å². The van der Waals surface area contributed by atoms with Crippen molar-refractivity contribution in [3.05, 3.63) is 17.5 Å². The molecule has 1 aromatic rings. The van der Waals surface area contributed by atoms with Crippen molar-refractivity contribution in [3.8, 4) is 0 Å². The Kier molecular flexibility index (Phi) is 4.14. The second-order valence-electron chi connectivity index (χ2n) is 7.06. The lowest BCUT2D eigenvalue weighted by molar-refractivity contribution is -0.142. The van der Waals surface area contributed by atoms with Crippen LogP contribution in [0.1, 0.15) is 62.8 Å². The summed E-state index contributed by atoms with van der Waals surface area (Å²) in [5, 5.41) is 5.88. The van der Waals surface area contributed by atoms with Crippen LogP contribution in [0, 0.1) is 5.41 Å². The summed E-state index contributed by atoms with van der Waals surface area (Å²) in [7, 11) is 0. The first-order valence-electron chi connectivity index (χ1n) is 8.21. The van der Waals surface area contributed by atoms with E-state index in [4.69, 9.17) is 0 Å². The van der Waals surface area contributed by atoms with Gasteiger partial charge < -0.3 is 4.90 Å². The van der Waals surface area contributed by atoms with Gasteiger partial charge in [0.15, 0.2) is 5.69 Å². The van der Waals surface area contributed by atoms with E-state index in [0.717, 1.165) is 44.6 Å². The number of likely N-dealkylation sites (tertiary alicyclic amines) is 1. The highest BCUT2D eigenvalue weighted by Crippen LogP contribution is 2.40. The van der Waals surface area contributed by atoms with Gasteiger partial charge in [-0.3, -0.25) is 9.89 Å². The van der Waals surface area contributed by atoms with Crippen molar-refractivity contribution in [1.82, 2.24) is 15.1 Å². The predicted molar refractivity (Wildman–Crippen MR) is 78.7 cm³/mol. The summed E-state index contributed by atoms with van der Waals surface area (Å²) in [5.74, 6) is 0.0663. The molecule has 128 valence electrons. The molecular formula is C16H22F3N3O. The van der Waals surface area contributed by atoms with E-state index < -0.39 is 11.9 Å². The van der Waals surface area contributed by atoms with Crippen LogP contribution in [-0.2, 0) is 11.0 Å². The number of rotatable bonds is 2. The standard InChI is InChI=1S/C16H22F3N3O/c1-15(6-2-3-7-15)14(23)22-8-4-5-11(10-22)12-9-13(21-20-12)16(17,18)19/h9,11H,2-8,10H2,1H3,(H,20,21). The summed E-state index contributed by atoms with van der Waals surface area (Å²) < 4.78 is 38.0. The number of carbonyl (C=O) groups is 1. The summed E-state index contributed by atoms with van der Waals surface area (Å²) in [5.41, 5.74) is -0.697. The number of nitrogens with zero attached hydrogens (tertiary/aromatic N) is 2. The van der Waals surface area contributed by atoms with Crippen LogP contribution in [0.25, 0.3) is 0 Å². The Morgan fingerprint density at radius 2 is 2.04 bits per heavy atom. The quantitative estimate of drug-likeness (QED) is 0.899. The number of amides is 1. The number of hydrogen-bond acceptors (Lipinski definition) is 2. The molecule has 0 spiro atoms. The maximum Gasteiger partial charge on any atom is 0.435 e. The molecule has 23 heavy (non-hydrogen) atoms. The highest BCUT2D eigenvalue weighted by Gasteiger charge is 2.41. The van der Waals surface area contributed by atoms with Crippen molar-refractivity contribution in [2.75, 3.05) is 13.1 Å². The molecule has 2 heterocycles. The zero-order chi connectivity index (χ0) is 16.7. The van der Waals surface area contributed by atoms with Gasteiger partial charge in [0.05, 0.1) is 0 Å². The zero-order valence-corrected chi connectivity index (χ0v) is 13.2. The average molecular weight is 329 g/mol. The molecule has 1 unspecified atom stereocenters. The molecule has 1 aliphatic heterocycles. The highest BCUT2D eigenvalue weighted by atomic mass is 19.4. The molecule has 1 N–H and O–H groups in total. The molecule has 1 aromatic heterocycles. The molecule has 4 nitrogen and oxygen atoms in total. The number of aromatic amines is 1. The Bertz CT molecular complexity index is 575. The van der Waals surface area contributed by atoms with Crippen molar-refractivity contribution in [1.29, 1.82) is 0 Å². The van der Waals surface area contributed by atoms with E-state index in [1.807, 2.05) is 11.8 Å². The molecule has 1 amide bonds. The minimum absolute atomic E-state index is 0.0960. The van der Waals surface area contributed by atoms with Crippen LogP contribution < -0.4 is 0 Å². The van der Waals surface area contributed by atoms with Gasteiger partial charge in [0.25, 0.3) is 0 Å². The second kappa shape index (κ2) is 5.83. The lowest BCUT2D eigenvalue weighted by Crippen LogP contribution is -2.45. The number of piperidine rings is 1. The van der Waals surface area contributed by atoms with Crippen molar-refractivity contribution >= 4 is 5.91 Å². The summed E-state index contributed by atoms with van der Waals surface area (Å²) in [6, 6.07) is 1.08. The number of H-pyrrole nitrogens is 1. The van der Waals surface area contributed by atoms with Gasteiger partial charge in [0.1, 0.15) is 0 Å². The van der Waals surface area contributed by atoms with Crippen LogP contribution in [0.4, 0.5) is 13.2 Å².